The predicted molar refractivity (Wildman–Crippen MR) is 142 cm³/mol. The summed E-state index contributed by atoms with van der Waals surface area (Å²) < 4.78 is 1.96. The number of halogens is 1. The molecule has 2 fully saturated rings. The van der Waals surface area contributed by atoms with E-state index in [1.807, 2.05) is 30.3 Å². The monoisotopic (exact) mass is 510 g/mol. The van der Waals surface area contributed by atoms with Crippen LogP contribution in [0.4, 0.5) is 5.82 Å². The van der Waals surface area contributed by atoms with Gasteiger partial charge in [-0.3, -0.25) is 18.9 Å². The van der Waals surface area contributed by atoms with Crippen molar-refractivity contribution in [1.82, 2.24) is 14.3 Å². The third-order valence-corrected chi connectivity index (χ3v) is 8.01. The number of thioether (sulfide) groups is 1. The second kappa shape index (κ2) is 9.52. The van der Waals surface area contributed by atoms with Crippen molar-refractivity contribution in [3.63, 3.8) is 0 Å². The van der Waals surface area contributed by atoms with Gasteiger partial charge in [0, 0.05) is 24.3 Å². The molecule has 6 nitrogen and oxygen atoms in total. The molecular weight excluding hydrogens is 488 g/mol. The molecule has 2 saturated heterocycles. The molecule has 0 spiro atoms. The van der Waals surface area contributed by atoms with Gasteiger partial charge in [0.15, 0.2) is 0 Å². The van der Waals surface area contributed by atoms with Crippen LogP contribution in [0.5, 0.6) is 0 Å². The number of carbonyl (C=O) groups is 1. The summed E-state index contributed by atoms with van der Waals surface area (Å²) >= 11 is 13.0. The number of amides is 1. The van der Waals surface area contributed by atoms with Crippen molar-refractivity contribution in [2.45, 2.75) is 26.3 Å². The largest absolute Gasteiger partial charge is 0.356 e. The van der Waals surface area contributed by atoms with Gasteiger partial charge in [-0.05, 0) is 48.6 Å². The summed E-state index contributed by atoms with van der Waals surface area (Å²) in [4.78, 5) is 35.8. The number of thiocarbonyl (C=S) groups is 1. The lowest BCUT2D eigenvalue weighted by Gasteiger charge is -2.32. The van der Waals surface area contributed by atoms with E-state index in [1.165, 1.54) is 21.1 Å². The van der Waals surface area contributed by atoms with Crippen LogP contribution in [-0.2, 0) is 11.3 Å². The number of carbonyl (C=O) groups excluding carboxylic acids is 1. The maximum Gasteiger partial charge on any atom is 0.267 e. The van der Waals surface area contributed by atoms with Gasteiger partial charge >= 0.3 is 0 Å². The molecule has 2 aromatic heterocycles. The van der Waals surface area contributed by atoms with E-state index in [9.17, 15) is 9.59 Å². The number of piperidine rings is 1. The van der Waals surface area contributed by atoms with Gasteiger partial charge < -0.3 is 4.90 Å². The topological polar surface area (TPSA) is 57.9 Å². The van der Waals surface area contributed by atoms with E-state index < -0.39 is 0 Å². The number of hydrogen-bond donors (Lipinski definition) is 0. The molecule has 9 heteroatoms. The SMILES string of the molecule is CC1CCN(c2nc3ccccn3c(=O)c2C=C2SC(=S)N(Cc3ccccc3Cl)C2=O)CC1. The lowest BCUT2D eigenvalue weighted by atomic mass is 9.99. The van der Waals surface area contributed by atoms with Crippen molar-refractivity contribution in [3.8, 4) is 0 Å². The molecule has 0 N–H and O–H groups in total. The van der Waals surface area contributed by atoms with Crippen molar-refractivity contribution >= 4 is 63.3 Å². The van der Waals surface area contributed by atoms with Crippen LogP contribution in [0.15, 0.2) is 58.4 Å². The van der Waals surface area contributed by atoms with Crippen LogP contribution < -0.4 is 10.5 Å². The van der Waals surface area contributed by atoms with Crippen LogP contribution >= 0.6 is 35.6 Å². The summed E-state index contributed by atoms with van der Waals surface area (Å²) in [6, 6.07) is 12.9. The molecule has 4 heterocycles. The first-order valence-electron chi connectivity index (χ1n) is 11.2. The lowest BCUT2D eigenvalue weighted by molar-refractivity contribution is -0.122. The van der Waals surface area contributed by atoms with Gasteiger partial charge in [-0.1, -0.05) is 66.8 Å². The Bertz CT molecular complexity index is 1380. The van der Waals surface area contributed by atoms with E-state index in [0.29, 0.717) is 37.2 Å². The van der Waals surface area contributed by atoms with E-state index in [0.717, 1.165) is 31.5 Å². The number of pyridine rings is 1. The van der Waals surface area contributed by atoms with E-state index in [2.05, 4.69) is 11.8 Å². The number of aromatic nitrogens is 2. The van der Waals surface area contributed by atoms with E-state index in [-0.39, 0.29) is 18.0 Å². The van der Waals surface area contributed by atoms with Crippen LogP contribution in [0.3, 0.4) is 0 Å². The van der Waals surface area contributed by atoms with Crippen LogP contribution in [0.1, 0.15) is 30.9 Å². The van der Waals surface area contributed by atoms with Crippen molar-refractivity contribution in [2.75, 3.05) is 18.0 Å². The average molecular weight is 511 g/mol. The standard InChI is InChI=1S/C25H23ClN4O2S2/c1-16-9-12-28(13-10-16)22-18(23(31)29-11-5-4-8-21(29)27-22)14-20-24(32)30(25(33)34-20)15-17-6-2-3-7-19(17)26/h2-8,11,14,16H,9-10,12-13,15H2,1H3. The molecule has 0 saturated carbocycles. The first-order chi connectivity index (χ1) is 16.4. The Kier molecular flexibility index (Phi) is 6.46. The molecule has 2 aliphatic heterocycles. The molecule has 0 radical (unpaired) electrons. The summed E-state index contributed by atoms with van der Waals surface area (Å²) in [6.07, 6.45) is 5.44. The molecule has 174 valence electrons. The molecule has 34 heavy (non-hydrogen) atoms. The molecule has 3 aromatic rings. The quantitative estimate of drug-likeness (QED) is 0.364. The van der Waals surface area contributed by atoms with E-state index >= 15 is 0 Å². The number of anilines is 1. The van der Waals surface area contributed by atoms with E-state index in [1.54, 1.807) is 24.4 Å². The summed E-state index contributed by atoms with van der Waals surface area (Å²) in [5.74, 6) is 1.03. The summed E-state index contributed by atoms with van der Waals surface area (Å²) in [6.45, 7) is 4.18. The Morgan fingerprint density at radius 2 is 1.88 bits per heavy atom. The highest BCUT2D eigenvalue weighted by atomic mass is 35.5. The minimum Gasteiger partial charge on any atom is -0.356 e. The van der Waals surface area contributed by atoms with E-state index in [4.69, 9.17) is 28.8 Å². The Morgan fingerprint density at radius 1 is 1.15 bits per heavy atom. The maximum absolute atomic E-state index is 13.5. The van der Waals surface area contributed by atoms with Crippen LogP contribution in [0, 0.1) is 5.92 Å². The zero-order valence-corrected chi connectivity index (χ0v) is 21.0. The zero-order chi connectivity index (χ0) is 23.8. The Hall–Kier alpha value is -2.68. The van der Waals surface area contributed by atoms with Crippen LogP contribution in [-0.4, -0.2) is 37.6 Å². The Labute approximate surface area is 212 Å². The number of rotatable bonds is 4. The van der Waals surface area contributed by atoms with Gasteiger partial charge in [-0.25, -0.2) is 4.98 Å². The molecule has 5 rings (SSSR count). The molecule has 0 bridgehead atoms. The number of hydrogen-bond acceptors (Lipinski definition) is 6. The minimum absolute atomic E-state index is 0.199. The number of nitrogens with zero attached hydrogens (tertiary/aromatic N) is 4. The van der Waals surface area contributed by atoms with Crippen molar-refractivity contribution in [3.05, 3.63) is 80.1 Å². The van der Waals surface area contributed by atoms with Crippen molar-refractivity contribution in [1.29, 1.82) is 0 Å². The van der Waals surface area contributed by atoms with Gasteiger partial charge in [0.1, 0.15) is 15.8 Å². The van der Waals surface area contributed by atoms with Crippen molar-refractivity contribution < 1.29 is 4.79 Å². The molecule has 0 aliphatic carbocycles. The molecule has 0 atom stereocenters. The van der Waals surface area contributed by atoms with Gasteiger partial charge in [0.05, 0.1) is 17.0 Å². The summed E-state index contributed by atoms with van der Waals surface area (Å²) in [7, 11) is 0. The van der Waals surface area contributed by atoms with Crippen LogP contribution in [0.25, 0.3) is 11.7 Å². The Morgan fingerprint density at radius 3 is 2.65 bits per heavy atom. The third kappa shape index (κ3) is 4.37. The summed E-state index contributed by atoms with van der Waals surface area (Å²) in [5.41, 5.74) is 1.62. The summed E-state index contributed by atoms with van der Waals surface area (Å²) in [5, 5.41) is 0.583. The molecular formula is C25H23ClN4O2S2. The zero-order valence-electron chi connectivity index (χ0n) is 18.6. The fourth-order valence-corrected chi connectivity index (χ4v) is 5.68. The molecule has 2 aliphatic rings. The normalized spacial score (nSPS) is 18.5. The predicted octanol–water partition coefficient (Wildman–Crippen LogP) is 4.99. The minimum atomic E-state index is -0.231. The maximum atomic E-state index is 13.5. The fraction of sp³-hybridized carbons (Fsp3) is 0.280. The molecule has 1 aromatic carbocycles. The molecule has 0 unspecified atom stereocenters. The van der Waals surface area contributed by atoms with Crippen molar-refractivity contribution in [2.24, 2.45) is 5.92 Å². The second-order valence-corrected chi connectivity index (χ2v) is 10.7. The molecule has 1 amide bonds. The lowest BCUT2D eigenvalue weighted by Crippen LogP contribution is -2.36. The smallest absolute Gasteiger partial charge is 0.267 e. The van der Waals surface area contributed by atoms with Gasteiger partial charge in [0.25, 0.3) is 11.5 Å². The fourth-order valence-electron chi connectivity index (χ4n) is 4.24. The average Bonchev–Trinajstić information content (AvgIpc) is 3.10. The van der Waals surface area contributed by atoms with Gasteiger partial charge in [-0.15, -0.1) is 0 Å². The number of fused-ring (bicyclic) bond motifs is 1. The first kappa shape index (κ1) is 23.1. The highest BCUT2D eigenvalue weighted by Gasteiger charge is 2.33. The first-order valence-corrected chi connectivity index (χ1v) is 12.8. The third-order valence-electron chi connectivity index (χ3n) is 6.27. The van der Waals surface area contributed by atoms with Crippen LogP contribution in [0.2, 0.25) is 5.02 Å². The highest BCUT2D eigenvalue weighted by Crippen LogP contribution is 2.35. The second-order valence-electron chi connectivity index (χ2n) is 8.61. The highest BCUT2D eigenvalue weighted by molar-refractivity contribution is 8.26. The van der Waals surface area contributed by atoms with Gasteiger partial charge in [0.2, 0.25) is 0 Å². The van der Waals surface area contributed by atoms with Gasteiger partial charge in [-0.2, -0.15) is 0 Å². The number of benzene rings is 1. The Balaban J connectivity index is 1.55.